The fourth-order valence-electron chi connectivity index (χ4n) is 1.39. The second-order valence-corrected chi connectivity index (χ2v) is 5.01. The van der Waals surface area contributed by atoms with E-state index in [-0.39, 0.29) is 10.8 Å². The highest BCUT2D eigenvalue weighted by molar-refractivity contribution is 7.08. The Hall–Kier alpha value is -1.23. The summed E-state index contributed by atoms with van der Waals surface area (Å²) in [6.45, 7) is 0. The van der Waals surface area contributed by atoms with Crippen LogP contribution in [-0.4, -0.2) is 11.1 Å². The lowest BCUT2D eigenvalue weighted by atomic mass is 10.2. The van der Waals surface area contributed by atoms with Gasteiger partial charge in [0.1, 0.15) is 10.8 Å². The highest BCUT2D eigenvalue weighted by Gasteiger charge is 2.23. The maximum atomic E-state index is 11.2. The van der Waals surface area contributed by atoms with Crippen LogP contribution in [-0.2, 0) is 4.79 Å². The molecule has 1 unspecified atom stereocenters. The number of carboxylic acid groups (broad SMARTS) is 1. The number of hydrogen-bond acceptors (Lipinski definition) is 3. The zero-order chi connectivity index (χ0) is 13.1. The van der Waals surface area contributed by atoms with Gasteiger partial charge < -0.3 is 9.84 Å². The van der Waals surface area contributed by atoms with Gasteiger partial charge in [0.05, 0.1) is 5.02 Å². The van der Waals surface area contributed by atoms with Gasteiger partial charge in [-0.3, -0.25) is 0 Å². The van der Waals surface area contributed by atoms with Crippen molar-refractivity contribution in [2.24, 2.45) is 0 Å². The lowest BCUT2D eigenvalue weighted by Gasteiger charge is -2.15. The Bertz CT molecular complexity index is 554. The van der Waals surface area contributed by atoms with E-state index in [2.05, 4.69) is 0 Å². The summed E-state index contributed by atoms with van der Waals surface area (Å²) >= 11 is 13.2. The number of rotatable bonds is 4. The van der Waals surface area contributed by atoms with Crippen molar-refractivity contribution in [1.29, 1.82) is 0 Å². The van der Waals surface area contributed by atoms with E-state index < -0.39 is 12.1 Å². The number of ether oxygens (including phenoxy) is 1. The van der Waals surface area contributed by atoms with E-state index in [1.165, 1.54) is 11.3 Å². The second kappa shape index (κ2) is 5.61. The summed E-state index contributed by atoms with van der Waals surface area (Å²) in [5.74, 6) is -0.827. The van der Waals surface area contributed by atoms with Crippen molar-refractivity contribution in [2.45, 2.75) is 6.10 Å². The molecule has 1 aromatic carbocycles. The van der Waals surface area contributed by atoms with Crippen molar-refractivity contribution in [3.63, 3.8) is 0 Å². The van der Waals surface area contributed by atoms with Crippen LogP contribution in [0, 0.1) is 0 Å². The Balaban J connectivity index is 2.30. The van der Waals surface area contributed by atoms with Crippen LogP contribution in [0.1, 0.15) is 11.7 Å². The van der Waals surface area contributed by atoms with Crippen LogP contribution in [0.3, 0.4) is 0 Å². The number of carboxylic acids is 1. The van der Waals surface area contributed by atoms with Crippen LogP contribution in [0.4, 0.5) is 0 Å². The Kier molecular flexibility index (Phi) is 4.11. The first-order chi connectivity index (χ1) is 8.59. The van der Waals surface area contributed by atoms with Gasteiger partial charge in [-0.1, -0.05) is 29.3 Å². The van der Waals surface area contributed by atoms with E-state index in [4.69, 9.17) is 27.9 Å². The molecule has 0 fully saturated rings. The Morgan fingerprint density at radius 1 is 1.33 bits per heavy atom. The molecule has 0 aliphatic carbocycles. The summed E-state index contributed by atoms with van der Waals surface area (Å²) in [4.78, 5) is 11.2. The SMILES string of the molecule is O=C(O)C(Oc1cccc(Cl)c1Cl)c1ccsc1. The fraction of sp³-hybridized carbons (Fsp3) is 0.0833. The Labute approximate surface area is 118 Å². The van der Waals surface area contributed by atoms with Crippen molar-refractivity contribution in [3.05, 3.63) is 50.6 Å². The molecule has 6 heteroatoms. The topological polar surface area (TPSA) is 46.5 Å². The lowest BCUT2D eigenvalue weighted by molar-refractivity contribution is -0.145. The van der Waals surface area contributed by atoms with E-state index in [9.17, 15) is 9.90 Å². The van der Waals surface area contributed by atoms with Gasteiger partial charge in [0, 0.05) is 5.56 Å². The van der Waals surface area contributed by atoms with Crippen LogP contribution >= 0.6 is 34.5 Å². The molecule has 0 radical (unpaired) electrons. The maximum Gasteiger partial charge on any atom is 0.349 e. The summed E-state index contributed by atoms with van der Waals surface area (Å²) in [7, 11) is 0. The molecular weight excluding hydrogens is 295 g/mol. The number of halogens is 2. The van der Waals surface area contributed by atoms with Gasteiger partial charge >= 0.3 is 5.97 Å². The monoisotopic (exact) mass is 302 g/mol. The average molecular weight is 303 g/mol. The van der Waals surface area contributed by atoms with Crippen LogP contribution < -0.4 is 4.74 Å². The molecule has 0 aliphatic rings. The molecule has 1 heterocycles. The number of carbonyl (C=O) groups is 1. The van der Waals surface area contributed by atoms with E-state index in [0.717, 1.165) is 0 Å². The maximum absolute atomic E-state index is 11.2. The predicted molar refractivity (Wildman–Crippen MR) is 71.8 cm³/mol. The Morgan fingerprint density at radius 2 is 2.11 bits per heavy atom. The first kappa shape index (κ1) is 13.2. The molecular formula is C12H8Cl2O3S. The summed E-state index contributed by atoms with van der Waals surface area (Å²) in [6, 6.07) is 6.53. The van der Waals surface area contributed by atoms with Gasteiger partial charge in [-0.2, -0.15) is 11.3 Å². The molecule has 2 aromatic rings. The second-order valence-electron chi connectivity index (χ2n) is 3.44. The van der Waals surface area contributed by atoms with E-state index >= 15 is 0 Å². The highest BCUT2D eigenvalue weighted by Crippen LogP contribution is 2.34. The third-order valence-corrected chi connectivity index (χ3v) is 3.73. The molecule has 1 aromatic heterocycles. The number of aliphatic carboxylic acids is 1. The largest absolute Gasteiger partial charge is 0.478 e. The number of hydrogen-bond donors (Lipinski definition) is 1. The molecule has 0 spiro atoms. The summed E-state index contributed by atoms with van der Waals surface area (Å²) < 4.78 is 5.42. The number of benzene rings is 1. The van der Waals surface area contributed by atoms with E-state index in [1.54, 1.807) is 35.0 Å². The van der Waals surface area contributed by atoms with Gasteiger partial charge in [0.15, 0.2) is 0 Å². The third-order valence-electron chi connectivity index (χ3n) is 2.23. The van der Waals surface area contributed by atoms with Crippen molar-refractivity contribution >= 4 is 40.5 Å². The van der Waals surface area contributed by atoms with Crippen molar-refractivity contribution in [3.8, 4) is 5.75 Å². The van der Waals surface area contributed by atoms with Crippen LogP contribution in [0.2, 0.25) is 10.0 Å². The molecule has 0 saturated heterocycles. The minimum Gasteiger partial charge on any atom is -0.478 e. The molecule has 0 bridgehead atoms. The predicted octanol–water partition coefficient (Wildman–Crippen LogP) is 4.26. The standard InChI is InChI=1S/C12H8Cl2O3S/c13-8-2-1-3-9(10(8)14)17-11(12(15)16)7-4-5-18-6-7/h1-6,11H,(H,15,16). The first-order valence-corrected chi connectivity index (χ1v) is 6.65. The third kappa shape index (κ3) is 2.77. The lowest BCUT2D eigenvalue weighted by Crippen LogP contribution is -2.17. The molecule has 0 aliphatic heterocycles. The van der Waals surface area contributed by atoms with E-state index in [1.807, 2.05) is 0 Å². The molecule has 1 atom stereocenters. The Morgan fingerprint density at radius 3 is 2.72 bits per heavy atom. The fourth-order valence-corrected chi connectivity index (χ4v) is 2.40. The zero-order valence-corrected chi connectivity index (χ0v) is 11.3. The van der Waals surface area contributed by atoms with Gasteiger partial charge in [-0.15, -0.1) is 0 Å². The normalized spacial score (nSPS) is 12.1. The van der Waals surface area contributed by atoms with Crippen molar-refractivity contribution in [2.75, 3.05) is 0 Å². The minimum absolute atomic E-state index is 0.209. The van der Waals surface area contributed by atoms with Gasteiger partial charge in [-0.05, 0) is 29.0 Å². The van der Waals surface area contributed by atoms with Gasteiger partial charge in [0.25, 0.3) is 0 Å². The molecule has 18 heavy (non-hydrogen) atoms. The summed E-state index contributed by atoms with van der Waals surface area (Å²) in [6.07, 6.45) is -1.09. The van der Waals surface area contributed by atoms with Crippen LogP contribution in [0.5, 0.6) is 5.75 Å². The van der Waals surface area contributed by atoms with Gasteiger partial charge in [-0.25, -0.2) is 4.79 Å². The molecule has 94 valence electrons. The smallest absolute Gasteiger partial charge is 0.349 e. The highest BCUT2D eigenvalue weighted by atomic mass is 35.5. The van der Waals surface area contributed by atoms with Crippen LogP contribution in [0.25, 0.3) is 0 Å². The number of thiophene rings is 1. The van der Waals surface area contributed by atoms with Crippen molar-refractivity contribution < 1.29 is 14.6 Å². The summed E-state index contributed by atoms with van der Waals surface area (Å²) in [5.41, 5.74) is 0.573. The minimum atomic E-state index is -1.09. The summed E-state index contributed by atoms with van der Waals surface area (Å²) in [5, 5.41) is 13.2. The van der Waals surface area contributed by atoms with Crippen molar-refractivity contribution in [1.82, 2.24) is 0 Å². The molecule has 3 nitrogen and oxygen atoms in total. The molecule has 0 amide bonds. The molecule has 2 rings (SSSR count). The quantitative estimate of drug-likeness (QED) is 0.918. The van der Waals surface area contributed by atoms with Gasteiger partial charge in [0.2, 0.25) is 6.10 Å². The average Bonchev–Trinajstić information content (AvgIpc) is 2.84. The molecule has 0 saturated carbocycles. The van der Waals surface area contributed by atoms with Crippen LogP contribution in [0.15, 0.2) is 35.0 Å². The van der Waals surface area contributed by atoms with E-state index in [0.29, 0.717) is 10.6 Å². The zero-order valence-electron chi connectivity index (χ0n) is 8.97. The molecule has 1 N–H and O–H groups in total. The first-order valence-electron chi connectivity index (χ1n) is 4.95.